The Labute approximate surface area is 167 Å². The number of ether oxygens (including phenoxy) is 1. The van der Waals surface area contributed by atoms with Crippen LogP contribution in [0.2, 0.25) is 0 Å². The van der Waals surface area contributed by atoms with E-state index in [9.17, 15) is 14.4 Å². The molecule has 0 atom stereocenters. The lowest BCUT2D eigenvalue weighted by molar-refractivity contribution is -0.141. The van der Waals surface area contributed by atoms with Crippen molar-refractivity contribution < 1.29 is 19.1 Å². The maximum absolute atomic E-state index is 12.9. The van der Waals surface area contributed by atoms with Gasteiger partial charge in [-0.2, -0.15) is 0 Å². The van der Waals surface area contributed by atoms with E-state index in [1.165, 1.54) is 6.42 Å². The van der Waals surface area contributed by atoms with Gasteiger partial charge in [0.2, 0.25) is 11.8 Å². The van der Waals surface area contributed by atoms with Crippen molar-refractivity contribution in [1.82, 2.24) is 14.7 Å². The molecule has 3 aliphatic heterocycles. The van der Waals surface area contributed by atoms with Crippen molar-refractivity contribution in [2.24, 2.45) is 5.92 Å². The fourth-order valence-electron chi connectivity index (χ4n) is 5.48. The summed E-state index contributed by atoms with van der Waals surface area (Å²) in [6.07, 6.45) is 8.57. The quantitative estimate of drug-likeness (QED) is 0.725. The minimum absolute atomic E-state index is 0.0365. The second-order valence-electron chi connectivity index (χ2n) is 9.08. The van der Waals surface area contributed by atoms with Crippen LogP contribution < -0.4 is 0 Å². The first-order chi connectivity index (χ1) is 13.5. The lowest BCUT2D eigenvalue weighted by Gasteiger charge is -2.39. The Balaban J connectivity index is 1.27. The summed E-state index contributed by atoms with van der Waals surface area (Å²) in [6, 6.07) is 0.192. The predicted octanol–water partition coefficient (Wildman–Crippen LogP) is 2.39. The van der Waals surface area contributed by atoms with Gasteiger partial charge in [-0.3, -0.25) is 9.59 Å². The molecule has 0 aromatic rings. The van der Waals surface area contributed by atoms with Gasteiger partial charge in [0.25, 0.3) is 0 Å². The van der Waals surface area contributed by atoms with Crippen LogP contribution in [0.5, 0.6) is 0 Å². The van der Waals surface area contributed by atoms with E-state index in [0.29, 0.717) is 26.2 Å². The van der Waals surface area contributed by atoms with Crippen LogP contribution in [0, 0.1) is 5.92 Å². The van der Waals surface area contributed by atoms with Crippen molar-refractivity contribution in [3.05, 3.63) is 0 Å². The van der Waals surface area contributed by atoms with E-state index >= 15 is 0 Å². The van der Waals surface area contributed by atoms with Gasteiger partial charge in [-0.05, 0) is 51.4 Å². The molecule has 28 heavy (non-hydrogen) atoms. The second-order valence-corrected chi connectivity index (χ2v) is 9.08. The molecule has 3 heterocycles. The molecule has 156 valence electrons. The van der Waals surface area contributed by atoms with Crippen molar-refractivity contribution in [2.75, 3.05) is 32.7 Å². The number of carbonyl (C=O) groups excluding carboxylic acids is 3. The number of amides is 3. The van der Waals surface area contributed by atoms with E-state index in [4.69, 9.17) is 4.74 Å². The molecule has 0 aromatic heterocycles. The number of rotatable bonds is 2. The molecule has 4 rings (SSSR count). The average molecular weight is 392 g/mol. The van der Waals surface area contributed by atoms with E-state index < -0.39 is 0 Å². The monoisotopic (exact) mass is 391 g/mol. The van der Waals surface area contributed by atoms with Crippen LogP contribution in [-0.2, 0) is 14.3 Å². The smallest absolute Gasteiger partial charge is 0.410 e. The van der Waals surface area contributed by atoms with Crippen molar-refractivity contribution in [3.8, 4) is 0 Å². The van der Waals surface area contributed by atoms with Crippen LogP contribution in [0.15, 0.2) is 0 Å². The Morgan fingerprint density at radius 3 is 2.14 bits per heavy atom. The summed E-state index contributed by atoms with van der Waals surface area (Å²) in [6.45, 7) is 5.12. The second kappa shape index (κ2) is 7.91. The third kappa shape index (κ3) is 3.85. The summed E-state index contributed by atoms with van der Waals surface area (Å²) >= 11 is 0. The summed E-state index contributed by atoms with van der Waals surface area (Å²) in [5.41, 5.74) is -0.243. The molecule has 0 aromatic carbocycles. The Kier molecular flexibility index (Phi) is 5.52. The number of likely N-dealkylation sites (tertiary alicyclic amines) is 2. The molecule has 0 bridgehead atoms. The predicted molar refractivity (Wildman–Crippen MR) is 104 cm³/mol. The maximum Gasteiger partial charge on any atom is 0.410 e. The zero-order valence-corrected chi connectivity index (χ0v) is 17.0. The van der Waals surface area contributed by atoms with Crippen molar-refractivity contribution >= 4 is 17.9 Å². The van der Waals surface area contributed by atoms with Crippen LogP contribution in [0.3, 0.4) is 0 Å². The molecule has 0 N–H and O–H groups in total. The van der Waals surface area contributed by atoms with Gasteiger partial charge in [0.15, 0.2) is 0 Å². The number of nitrogens with zero attached hydrogens (tertiary/aromatic N) is 3. The van der Waals surface area contributed by atoms with Gasteiger partial charge in [-0.1, -0.05) is 6.42 Å². The third-order valence-electron chi connectivity index (χ3n) is 7.27. The number of hydrogen-bond donors (Lipinski definition) is 0. The molecule has 1 aliphatic carbocycles. The lowest BCUT2D eigenvalue weighted by atomic mass is 9.84. The Morgan fingerprint density at radius 1 is 0.929 bits per heavy atom. The average Bonchev–Trinajstić information content (AvgIpc) is 3.03. The number of piperidine rings is 2. The Bertz CT molecular complexity index is 615. The van der Waals surface area contributed by atoms with E-state index in [2.05, 4.69) is 0 Å². The van der Waals surface area contributed by atoms with Gasteiger partial charge in [0.05, 0.1) is 6.54 Å². The van der Waals surface area contributed by atoms with Gasteiger partial charge in [0.1, 0.15) is 5.60 Å². The molecule has 0 radical (unpaired) electrons. The van der Waals surface area contributed by atoms with Crippen LogP contribution in [0.4, 0.5) is 4.79 Å². The molecule has 3 saturated heterocycles. The van der Waals surface area contributed by atoms with Gasteiger partial charge >= 0.3 is 6.09 Å². The highest BCUT2D eigenvalue weighted by Gasteiger charge is 2.48. The molecule has 7 nitrogen and oxygen atoms in total. The first kappa shape index (κ1) is 19.5. The molecule has 7 heteroatoms. The summed E-state index contributed by atoms with van der Waals surface area (Å²) < 4.78 is 5.83. The molecule has 1 saturated carbocycles. The highest BCUT2D eigenvalue weighted by Crippen LogP contribution is 2.38. The SMILES string of the molecule is CC(=O)N1CCC(C(=O)N2CCC(N3CC4(CCCCC4)OC3=O)CC2)CC1. The van der Waals surface area contributed by atoms with Crippen molar-refractivity contribution in [2.45, 2.75) is 76.4 Å². The fourth-order valence-corrected chi connectivity index (χ4v) is 5.48. The summed E-state index contributed by atoms with van der Waals surface area (Å²) in [5.74, 6) is 0.365. The first-order valence-electron chi connectivity index (χ1n) is 11.0. The maximum atomic E-state index is 12.9. The summed E-state index contributed by atoms with van der Waals surface area (Å²) in [5, 5.41) is 0. The molecule has 4 fully saturated rings. The first-order valence-corrected chi connectivity index (χ1v) is 11.0. The van der Waals surface area contributed by atoms with Crippen LogP contribution in [-0.4, -0.2) is 77.0 Å². The van der Waals surface area contributed by atoms with Gasteiger partial charge in [-0.25, -0.2) is 4.79 Å². The molecule has 0 unspecified atom stereocenters. The fraction of sp³-hybridized carbons (Fsp3) is 0.857. The van der Waals surface area contributed by atoms with E-state index in [0.717, 1.165) is 57.9 Å². The summed E-state index contributed by atoms with van der Waals surface area (Å²) in [4.78, 5) is 42.6. The van der Waals surface area contributed by atoms with E-state index in [1.807, 2.05) is 14.7 Å². The zero-order chi connectivity index (χ0) is 19.7. The number of hydrogen-bond acceptors (Lipinski definition) is 4. The summed E-state index contributed by atoms with van der Waals surface area (Å²) in [7, 11) is 0. The van der Waals surface area contributed by atoms with E-state index in [1.54, 1.807) is 6.92 Å². The van der Waals surface area contributed by atoms with Gasteiger partial charge in [0, 0.05) is 45.1 Å². The van der Waals surface area contributed by atoms with Crippen LogP contribution in [0.25, 0.3) is 0 Å². The number of carbonyl (C=O) groups is 3. The topological polar surface area (TPSA) is 70.2 Å². The molecule has 4 aliphatic rings. The van der Waals surface area contributed by atoms with Crippen molar-refractivity contribution in [1.29, 1.82) is 0 Å². The van der Waals surface area contributed by atoms with Crippen molar-refractivity contribution in [3.63, 3.8) is 0 Å². The Morgan fingerprint density at radius 2 is 1.54 bits per heavy atom. The van der Waals surface area contributed by atoms with Crippen LogP contribution in [0.1, 0.15) is 64.7 Å². The standard InChI is InChI=1S/C21H33N3O4/c1-16(25)22-11-5-17(6-12-22)19(26)23-13-7-18(8-14-23)24-15-21(28-20(24)27)9-3-2-4-10-21/h17-18H,2-15H2,1H3. The van der Waals surface area contributed by atoms with E-state index in [-0.39, 0.29) is 35.5 Å². The normalized spacial score (nSPS) is 26.6. The molecular formula is C21H33N3O4. The van der Waals surface area contributed by atoms with Gasteiger partial charge < -0.3 is 19.4 Å². The molecular weight excluding hydrogens is 358 g/mol. The lowest BCUT2D eigenvalue weighted by Crippen LogP contribution is -2.50. The third-order valence-corrected chi connectivity index (χ3v) is 7.27. The Hall–Kier alpha value is -1.79. The minimum Gasteiger partial charge on any atom is -0.441 e. The largest absolute Gasteiger partial charge is 0.441 e. The zero-order valence-electron chi connectivity index (χ0n) is 17.0. The highest BCUT2D eigenvalue weighted by atomic mass is 16.6. The van der Waals surface area contributed by atoms with Gasteiger partial charge in [-0.15, -0.1) is 0 Å². The van der Waals surface area contributed by atoms with Crippen LogP contribution >= 0.6 is 0 Å². The molecule has 1 spiro atoms. The molecule has 3 amide bonds. The minimum atomic E-state index is -0.243. The highest BCUT2D eigenvalue weighted by molar-refractivity contribution is 5.80.